The highest BCUT2D eigenvalue weighted by Crippen LogP contribution is 1.96. The number of carbonyl (C=O) groups excluding carboxylic acids is 1. The number of carboxylic acids is 1. The highest BCUT2D eigenvalue weighted by molar-refractivity contribution is 5.93. The average molecular weight is 211 g/mol. The van der Waals surface area contributed by atoms with Gasteiger partial charge in [-0.25, -0.2) is 9.59 Å². The first-order valence-electron chi connectivity index (χ1n) is 3.86. The van der Waals surface area contributed by atoms with E-state index in [4.69, 9.17) is 10.6 Å². The van der Waals surface area contributed by atoms with E-state index in [2.05, 4.69) is 21.3 Å². The molecule has 0 aromatic carbocycles. The van der Waals surface area contributed by atoms with E-state index in [9.17, 15) is 9.59 Å². The van der Waals surface area contributed by atoms with E-state index in [1.807, 2.05) is 0 Å². The van der Waals surface area contributed by atoms with Crippen LogP contribution in [0.25, 0.3) is 10.4 Å². The number of hydrogen-bond acceptors (Lipinski definition) is 4. The molecule has 0 heterocycles. The van der Waals surface area contributed by atoms with Gasteiger partial charge in [0, 0.05) is 11.0 Å². The lowest BCUT2D eigenvalue weighted by Crippen LogP contribution is -2.08. The first-order chi connectivity index (χ1) is 7.07. The highest BCUT2D eigenvalue weighted by Gasteiger charge is 2.04. The second-order valence-electron chi connectivity index (χ2n) is 2.29. The first kappa shape index (κ1) is 12.7. The van der Waals surface area contributed by atoms with Gasteiger partial charge >= 0.3 is 11.9 Å². The molecular weight excluding hydrogens is 202 g/mol. The quantitative estimate of drug-likeness (QED) is 0.134. The van der Waals surface area contributed by atoms with E-state index < -0.39 is 11.9 Å². The monoisotopic (exact) mass is 211 g/mol. The van der Waals surface area contributed by atoms with E-state index in [0.29, 0.717) is 0 Å². The van der Waals surface area contributed by atoms with Gasteiger partial charge in [-0.15, -0.1) is 0 Å². The molecule has 1 N–H and O–H groups in total. The maximum atomic E-state index is 11.0. The summed E-state index contributed by atoms with van der Waals surface area (Å²) in [6, 6.07) is 0. The van der Waals surface area contributed by atoms with Crippen molar-refractivity contribution in [2.45, 2.75) is 0 Å². The molecule has 0 saturated heterocycles. The summed E-state index contributed by atoms with van der Waals surface area (Å²) in [6.07, 6.45) is 1.80. The number of aliphatic carboxylic acids is 1. The maximum Gasteiger partial charge on any atom is 0.337 e. The summed E-state index contributed by atoms with van der Waals surface area (Å²) < 4.78 is 4.59. The predicted molar refractivity (Wildman–Crippen MR) is 50.9 cm³/mol. The third-order valence-corrected chi connectivity index (χ3v) is 1.18. The minimum Gasteiger partial charge on any atom is -0.478 e. The Kier molecular flexibility index (Phi) is 6.08. The van der Waals surface area contributed by atoms with Gasteiger partial charge in [0.1, 0.15) is 0 Å². The van der Waals surface area contributed by atoms with Crippen LogP contribution in [0.3, 0.4) is 0 Å². The van der Waals surface area contributed by atoms with Crippen LogP contribution in [-0.2, 0) is 14.3 Å². The number of ether oxygens (including phenoxy) is 1. The molecule has 7 heteroatoms. The lowest BCUT2D eigenvalue weighted by molar-refractivity contribution is -0.138. The van der Waals surface area contributed by atoms with Gasteiger partial charge in [-0.3, -0.25) is 0 Å². The Balaban J connectivity index is 3.94. The second-order valence-corrected chi connectivity index (χ2v) is 2.29. The van der Waals surface area contributed by atoms with Crippen LogP contribution < -0.4 is 0 Å². The van der Waals surface area contributed by atoms with Crippen molar-refractivity contribution in [2.24, 2.45) is 5.11 Å². The smallest absolute Gasteiger partial charge is 0.337 e. The molecule has 0 rings (SSSR count). The van der Waals surface area contributed by atoms with Crippen molar-refractivity contribution in [1.29, 1.82) is 0 Å². The minimum absolute atomic E-state index is 0.0260. The molecule has 7 nitrogen and oxygen atoms in total. The van der Waals surface area contributed by atoms with Crippen molar-refractivity contribution < 1.29 is 19.4 Å². The second kappa shape index (κ2) is 7.16. The molecule has 0 saturated carbocycles. The van der Waals surface area contributed by atoms with Crippen molar-refractivity contribution in [1.82, 2.24) is 0 Å². The molecule has 80 valence electrons. The fraction of sp³-hybridized carbons (Fsp3) is 0.250. The molecule has 0 aromatic heterocycles. The molecule has 0 fully saturated rings. The fourth-order valence-electron chi connectivity index (χ4n) is 0.557. The van der Waals surface area contributed by atoms with Crippen LogP contribution in [0.2, 0.25) is 0 Å². The predicted octanol–water partition coefficient (Wildman–Crippen LogP) is 1.04. The zero-order valence-corrected chi connectivity index (χ0v) is 7.79. The third-order valence-electron chi connectivity index (χ3n) is 1.18. The Hall–Kier alpha value is -2.27. The Morgan fingerprint density at radius 1 is 1.53 bits per heavy atom. The van der Waals surface area contributed by atoms with Crippen LogP contribution in [0.1, 0.15) is 0 Å². The van der Waals surface area contributed by atoms with Gasteiger partial charge in [-0.05, 0) is 11.6 Å². The van der Waals surface area contributed by atoms with Crippen LogP contribution in [0.15, 0.2) is 29.4 Å². The number of hydrogen-bond donors (Lipinski definition) is 1. The lowest BCUT2D eigenvalue weighted by atomic mass is 10.3. The topological polar surface area (TPSA) is 112 Å². The van der Waals surface area contributed by atoms with Crippen LogP contribution in [0.5, 0.6) is 0 Å². The summed E-state index contributed by atoms with van der Waals surface area (Å²) in [5, 5.41) is 11.4. The lowest BCUT2D eigenvalue weighted by Gasteiger charge is -2.00. The molecule has 0 aromatic rings. The Labute approximate surface area is 85.3 Å². The fourth-order valence-corrected chi connectivity index (χ4v) is 0.557. The third kappa shape index (κ3) is 6.85. The van der Waals surface area contributed by atoms with E-state index >= 15 is 0 Å². The van der Waals surface area contributed by atoms with E-state index in [0.717, 1.165) is 12.2 Å². The number of rotatable bonds is 6. The van der Waals surface area contributed by atoms with Crippen molar-refractivity contribution in [3.63, 3.8) is 0 Å². The number of nitrogens with zero attached hydrogens (tertiary/aromatic N) is 3. The van der Waals surface area contributed by atoms with Crippen molar-refractivity contribution in [3.8, 4) is 0 Å². The Morgan fingerprint density at radius 2 is 2.20 bits per heavy atom. The van der Waals surface area contributed by atoms with Gasteiger partial charge in [0.25, 0.3) is 0 Å². The van der Waals surface area contributed by atoms with Gasteiger partial charge in [-0.1, -0.05) is 11.7 Å². The molecule has 0 aliphatic carbocycles. The summed E-state index contributed by atoms with van der Waals surface area (Å²) in [7, 11) is 0. The first-order valence-corrected chi connectivity index (χ1v) is 3.86. The summed E-state index contributed by atoms with van der Waals surface area (Å²) in [5.74, 6) is -1.93. The number of carbonyl (C=O) groups is 2. The van der Waals surface area contributed by atoms with Crippen LogP contribution >= 0.6 is 0 Å². The van der Waals surface area contributed by atoms with Crippen molar-refractivity contribution >= 4 is 11.9 Å². The molecule has 0 amide bonds. The van der Waals surface area contributed by atoms with Gasteiger partial charge in [-0.2, -0.15) is 0 Å². The van der Waals surface area contributed by atoms with Crippen LogP contribution in [0, 0.1) is 0 Å². The van der Waals surface area contributed by atoms with E-state index in [1.54, 1.807) is 0 Å². The van der Waals surface area contributed by atoms with Crippen molar-refractivity contribution in [2.75, 3.05) is 13.2 Å². The standard InChI is InChI=1S/C8H9N3O4/c1-6(2-3-7(12)13)8(14)15-5-4-10-11-9/h2-3H,1,4-5H2,(H,12,13). The summed E-state index contributed by atoms with van der Waals surface area (Å²) >= 11 is 0. The molecule has 0 aliphatic rings. The molecular formula is C8H9N3O4. The van der Waals surface area contributed by atoms with Gasteiger partial charge < -0.3 is 9.84 Å². The van der Waals surface area contributed by atoms with Crippen LogP contribution in [-0.4, -0.2) is 30.2 Å². The number of carboxylic acid groups (broad SMARTS) is 1. The molecule has 0 atom stereocenters. The van der Waals surface area contributed by atoms with Gasteiger partial charge in [0.05, 0.1) is 18.7 Å². The zero-order valence-electron chi connectivity index (χ0n) is 7.79. The number of azide groups is 1. The highest BCUT2D eigenvalue weighted by atomic mass is 16.5. The largest absolute Gasteiger partial charge is 0.478 e. The summed E-state index contributed by atoms with van der Waals surface area (Å²) in [5.41, 5.74) is 7.82. The van der Waals surface area contributed by atoms with Gasteiger partial charge in [0.15, 0.2) is 0 Å². The SMILES string of the molecule is C=C(C=CC(=O)O)C(=O)OCCN=[N+]=[N-]. The normalized spacial score (nSPS) is 9.33. The van der Waals surface area contributed by atoms with E-state index in [-0.39, 0.29) is 18.7 Å². The zero-order chi connectivity index (χ0) is 11.7. The summed E-state index contributed by atoms with van der Waals surface area (Å²) in [4.78, 5) is 23.6. The molecule has 0 unspecified atom stereocenters. The molecule has 0 bridgehead atoms. The molecule has 0 aliphatic heterocycles. The molecule has 0 radical (unpaired) electrons. The van der Waals surface area contributed by atoms with Crippen LogP contribution in [0.4, 0.5) is 0 Å². The van der Waals surface area contributed by atoms with Gasteiger partial charge in [0.2, 0.25) is 0 Å². The average Bonchev–Trinajstić information content (AvgIpc) is 2.20. The maximum absolute atomic E-state index is 11.0. The molecule has 0 spiro atoms. The minimum atomic E-state index is -1.18. The molecule has 15 heavy (non-hydrogen) atoms. The van der Waals surface area contributed by atoms with E-state index in [1.165, 1.54) is 0 Å². The van der Waals surface area contributed by atoms with Crippen molar-refractivity contribution in [3.05, 3.63) is 34.7 Å². The Bertz CT molecular complexity index is 342. The number of esters is 1. The Morgan fingerprint density at radius 3 is 2.73 bits per heavy atom. The summed E-state index contributed by atoms with van der Waals surface area (Å²) in [6.45, 7) is 3.26.